The molecule has 17 heavy (non-hydrogen) atoms. The lowest BCUT2D eigenvalue weighted by molar-refractivity contribution is 0.0236. The van der Waals surface area contributed by atoms with E-state index in [0.717, 1.165) is 17.7 Å². The van der Waals surface area contributed by atoms with Crippen LogP contribution in [-0.4, -0.2) is 18.2 Å². The van der Waals surface area contributed by atoms with Gasteiger partial charge in [-0.15, -0.1) is 0 Å². The molecule has 4 heteroatoms. The van der Waals surface area contributed by atoms with Crippen molar-refractivity contribution in [1.82, 2.24) is 0 Å². The van der Waals surface area contributed by atoms with E-state index >= 15 is 0 Å². The average Bonchev–Trinajstić information content (AvgIpc) is 2.28. The number of nitrogens with zero attached hydrogens (tertiary/aromatic N) is 1. The van der Waals surface area contributed by atoms with E-state index < -0.39 is 0 Å². The van der Waals surface area contributed by atoms with Crippen molar-refractivity contribution in [2.45, 2.75) is 32.4 Å². The van der Waals surface area contributed by atoms with Gasteiger partial charge in [0.25, 0.3) is 0 Å². The molecule has 0 aromatic heterocycles. The molecule has 0 unspecified atom stereocenters. The molecule has 1 heterocycles. The van der Waals surface area contributed by atoms with Gasteiger partial charge >= 0.3 is 6.09 Å². The Morgan fingerprint density at radius 3 is 2.53 bits per heavy atom. The van der Waals surface area contributed by atoms with E-state index in [0.29, 0.717) is 13.1 Å². The zero-order valence-corrected chi connectivity index (χ0v) is 10.3. The molecule has 1 aromatic rings. The van der Waals surface area contributed by atoms with Crippen molar-refractivity contribution in [3.05, 3.63) is 29.8 Å². The fourth-order valence-corrected chi connectivity index (χ4v) is 1.86. The van der Waals surface area contributed by atoms with Gasteiger partial charge in [0.15, 0.2) is 0 Å². The molecular formula is C13H18N2O2. The summed E-state index contributed by atoms with van der Waals surface area (Å²) in [4.78, 5) is 13.5. The third kappa shape index (κ3) is 2.58. The van der Waals surface area contributed by atoms with Crippen LogP contribution in [0.5, 0.6) is 0 Å². The standard InChI is InChI=1S/C13H18N2O2/c1-13(2)7-8-15(12(16)17-13)11-5-3-10(9-14)4-6-11/h3-6H,7-9,14H2,1-2H3. The molecule has 4 nitrogen and oxygen atoms in total. The quantitative estimate of drug-likeness (QED) is 0.854. The minimum atomic E-state index is -0.356. The van der Waals surface area contributed by atoms with Gasteiger partial charge in [-0.2, -0.15) is 0 Å². The number of ether oxygens (including phenoxy) is 1. The number of rotatable bonds is 2. The number of benzene rings is 1. The molecule has 1 aliphatic heterocycles. The van der Waals surface area contributed by atoms with E-state index in [4.69, 9.17) is 10.5 Å². The summed E-state index contributed by atoms with van der Waals surface area (Å²) in [6.45, 7) is 5.06. The highest BCUT2D eigenvalue weighted by atomic mass is 16.6. The van der Waals surface area contributed by atoms with Crippen molar-refractivity contribution in [2.24, 2.45) is 5.73 Å². The van der Waals surface area contributed by atoms with Crippen molar-refractivity contribution >= 4 is 11.8 Å². The highest BCUT2D eigenvalue weighted by Crippen LogP contribution is 2.26. The maximum atomic E-state index is 11.8. The second kappa shape index (κ2) is 4.37. The number of nitrogens with two attached hydrogens (primary N) is 1. The topological polar surface area (TPSA) is 55.6 Å². The van der Waals surface area contributed by atoms with E-state index in [-0.39, 0.29) is 11.7 Å². The summed E-state index contributed by atoms with van der Waals surface area (Å²) in [5.41, 5.74) is 7.10. The van der Waals surface area contributed by atoms with E-state index in [2.05, 4.69) is 0 Å². The van der Waals surface area contributed by atoms with Crippen molar-refractivity contribution in [3.63, 3.8) is 0 Å². The number of carbonyl (C=O) groups excluding carboxylic acids is 1. The van der Waals surface area contributed by atoms with Gasteiger partial charge in [0.2, 0.25) is 0 Å². The lowest BCUT2D eigenvalue weighted by Crippen LogP contribution is -2.46. The van der Waals surface area contributed by atoms with Crippen molar-refractivity contribution < 1.29 is 9.53 Å². The lowest BCUT2D eigenvalue weighted by Gasteiger charge is -2.36. The van der Waals surface area contributed by atoms with E-state index in [1.165, 1.54) is 0 Å². The molecule has 0 radical (unpaired) electrons. The van der Waals surface area contributed by atoms with Crippen LogP contribution in [0.25, 0.3) is 0 Å². The predicted octanol–water partition coefficient (Wildman–Crippen LogP) is 2.27. The third-order valence-corrected chi connectivity index (χ3v) is 3.01. The molecular weight excluding hydrogens is 216 g/mol. The van der Waals surface area contributed by atoms with Crippen LogP contribution in [0, 0.1) is 0 Å². The molecule has 1 fully saturated rings. The van der Waals surface area contributed by atoms with Crippen LogP contribution in [0.4, 0.5) is 10.5 Å². The lowest BCUT2D eigenvalue weighted by atomic mass is 10.0. The summed E-state index contributed by atoms with van der Waals surface area (Å²) >= 11 is 0. The monoisotopic (exact) mass is 234 g/mol. The van der Waals surface area contributed by atoms with Gasteiger partial charge in [-0.3, -0.25) is 4.90 Å². The molecule has 2 N–H and O–H groups in total. The second-order valence-electron chi connectivity index (χ2n) is 4.90. The van der Waals surface area contributed by atoms with Crippen molar-refractivity contribution in [3.8, 4) is 0 Å². The Morgan fingerprint density at radius 1 is 1.35 bits per heavy atom. The van der Waals surface area contributed by atoms with Crippen LogP contribution in [0.2, 0.25) is 0 Å². The largest absolute Gasteiger partial charge is 0.443 e. The van der Waals surface area contributed by atoms with Crippen LogP contribution in [-0.2, 0) is 11.3 Å². The fourth-order valence-electron chi connectivity index (χ4n) is 1.86. The second-order valence-corrected chi connectivity index (χ2v) is 4.90. The summed E-state index contributed by atoms with van der Waals surface area (Å²) in [5.74, 6) is 0. The van der Waals surface area contributed by atoms with Gasteiger partial charge in [-0.1, -0.05) is 12.1 Å². The molecule has 92 valence electrons. The van der Waals surface area contributed by atoms with Crippen molar-refractivity contribution in [2.75, 3.05) is 11.4 Å². The Morgan fingerprint density at radius 2 is 2.00 bits per heavy atom. The Kier molecular flexibility index (Phi) is 3.07. The van der Waals surface area contributed by atoms with Crippen LogP contribution < -0.4 is 10.6 Å². The molecule has 1 amide bonds. The first-order valence-electron chi connectivity index (χ1n) is 5.81. The summed E-state index contributed by atoms with van der Waals surface area (Å²) in [5, 5.41) is 0. The van der Waals surface area contributed by atoms with Gasteiger partial charge in [0, 0.05) is 25.2 Å². The Balaban J connectivity index is 2.15. The molecule has 0 bridgehead atoms. The molecule has 0 aliphatic carbocycles. The first-order chi connectivity index (χ1) is 8.02. The maximum Gasteiger partial charge on any atom is 0.414 e. The minimum Gasteiger partial charge on any atom is -0.443 e. The van der Waals surface area contributed by atoms with E-state index in [1.54, 1.807) is 4.90 Å². The normalized spacial score (nSPS) is 19.0. The minimum absolute atomic E-state index is 0.276. The van der Waals surface area contributed by atoms with Gasteiger partial charge in [0.05, 0.1) is 0 Å². The predicted molar refractivity (Wildman–Crippen MR) is 66.9 cm³/mol. The SMILES string of the molecule is CC1(C)CCN(c2ccc(CN)cc2)C(=O)O1. The molecule has 0 saturated carbocycles. The smallest absolute Gasteiger partial charge is 0.414 e. The molecule has 1 aromatic carbocycles. The summed E-state index contributed by atoms with van der Waals surface area (Å²) in [6.07, 6.45) is 0.555. The molecule has 1 aliphatic rings. The first kappa shape index (κ1) is 11.9. The summed E-state index contributed by atoms with van der Waals surface area (Å²) in [7, 11) is 0. The molecule has 0 atom stereocenters. The Bertz CT molecular complexity index is 412. The van der Waals surface area contributed by atoms with Crippen LogP contribution >= 0.6 is 0 Å². The van der Waals surface area contributed by atoms with Gasteiger partial charge in [-0.05, 0) is 31.5 Å². The molecule has 2 rings (SSSR count). The van der Waals surface area contributed by atoms with E-state index in [9.17, 15) is 4.79 Å². The number of amides is 1. The van der Waals surface area contributed by atoms with Crippen LogP contribution in [0.3, 0.4) is 0 Å². The maximum absolute atomic E-state index is 11.8. The third-order valence-electron chi connectivity index (χ3n) is 3.01. The first-order valence-corrected chi connectivity index (χ1v) is 5.81. The number of cyclic esters (lactones) is 1. The molecule has 1 saturated heterocycles. The number of carbonyl (C=O) groups is 1. The fraction of sp³-hybridized carbons (Fsp3) is 0.462. The average molecular weight is 234 g/mol. The summed E-state index contributed by atoms with van der Waals surface area (Å²) < 4.78 is 5.36. The Labute approximate surface area is 101 Å². The Hall–Kier alpha value is -1.55. The number of hydrogen-bond donors (Lipinski definition) is 1. The number of hydrogen-bond acceptors (Lipinski definition) is 3. The van der Waals surface area contributed by atoms with Crippen LogP contribution in [0.1, 0.15) is 25.8 Å². The van der Waals surface area contributed by atoms with Crippen molar-refractivity contribution in [1.29, 1.82) is 0 Å². The summed E-state index contributed by atoms with van der Waals surface area (Å²) in [6, 6.07) is 7.67. The van der Waals surface area contributed by atoms with Gasteiger partial charge < -0.3 is 10.5 Å². The molecule has 0 spiro atoms. The highest BCUT2D eigenvalue weighted by Gasteiger charge is 2.33. The van der Waals surface area contributed by atoms with E-state index in [1.807, 2.05) is 38.1 Å². The number of anilines is 1. The zero-order chi connectivity index (χ0) is 12.5. The van der Waals surface area contributed by atoms with Gasteiger partial charge in [0.1, 0.15) is 5.60 Å². The van der Waals surface area contributed by atoms with Crippen LogP contribution in [0.15, 0.2) is 24.3 Å². The highest BCUT2D eigenvalue weighted by molar-refractivity contribution is 5.88. The van der Waals surface area contributed by atoms with Gasteiger partial charge in [-0.25, -0.2) is 4.79 Å². The zero-order valence-electron chi connectivity index (χ0n) is 10.3.